The summed E-state index contributed by atoms with van der Waals surface area (Å²) < 4.78 is 0. The second-order valence-corrected chi connectivity index (χ2v) is 6.97. The Labute approximate surface area is 136 Å². The summed E-state index contributed by atoms with van der Waals surface area (Å²) in [4.78, 5) is 12.5. The number of rotatable bonds is 6. The second-order valence-electron chi connectivity index (χ2n) is 5.99. The highest BCUT2D eigenvalue weighted by atomic mass is 79.9. The highest BCUT2D eigenvalue weighted by Gasteiger charge is 2.22. The summed E-state index contributed by atoms with van der Waals surface area (Å²) in [6.45, 7) is 5.28. The van der Waals surface area contributed by atoms with Gasteiger partial charge in [-0.15, -0.1) is 0 Å². The van der Waals surface area contributed by atoms with Crippen molar-refractivity contribution in [1.29, 1.82) is 0 Å². The van der Waals surface area contributed by atoms with E-state index in [0.717, 1.165) is 24.9 Å². The van der Waals surface area contributed by atoms with Crippen LogP contribution in [0.1, 0.15) is 72.3 Å². The summed E-state index contributed by atoms with van der Waals surface area (Å²) >= 11 is 3.88. The van der Waals surface area contributed by atoms with Crippen LogP contribution in [0.4, 0.5) is 0 Å². The Kier molecular flexibility index (Phi) is 6.28. The van der Waals surface area contributed by atoms with Crippen molar-refractivity contribution in [3.63, 3.8) is 0 Å². The number of nitrogens with one attached hydrogen (secondary N) is 1. The van der Waals surface area contributed by atoms with Crippen LogP contribution in [0.15, 0.2) is 18.2 Å². The fourth-order valence-corrected chi connectivity index (χ4v) is 3.99. The molecule has 2 rings (SSSR count). The quantitative estimate of drug-likeness (QED) is 0.716. The molecule has 1 aromatic carbocycles. The molecule has 2 nitrogen and oxygen atoms in total. The third-order valence-corrected chi connectivity index (χ3v) is 5.75. The van der Waals surface area contributed by atoms with Crippen LogP contribution in [-0.4, -0.2) is 12.5 Å². The van der Waals surface area contributed by atoms with E-state index in [9.17, 15) is 4.79 Å². The van der Waals surface area contributed by atoms with E-state index in [1.807, 2.05) is 0 Å². The van der Waals surface area contributed by atoms with Gasteiger partial charge in [0.05, 0.1) is 0 Å². The maximum Gasteiger partial charge on any atom is 0.251 e. The average molecular weight is 352 g/mol. The van der Waals surface area contributed by atoms with Crippen molar-refractivity contribution in [3.05, 3.63) is 34.9 Å². The maximum atomic E-state index is 12.2. The molecule has 2 atom stereocenters. The van der Waals surface area contributed by atoms with Gasteiger partial charge in [-0.25, -0.2) is 0 Å². The topological polar surface area (TPSA) is 29.1 Å². The summed E-state index contributed by atoms with van der Waals surface area (Å²) in [5, 5.41) is 2.99. The van der Waals surface area contributed by atoms with Gasteiger partial charge in [-0.3, -0.25) is 4.79 Å². The molecule has 1 amide bonds. The largest absolute Gasteiger partial charge is 0.352 e. The standard InChI is InChI=1S/C18H26BrNO/c1-3-5-7-13(4-2)17(19)15-10-9-14-8-6-11-20-18(21)16(14)12-15/h9-10,12-13,17H,3-8,11H2,1-2H3,(H,20,21). The molecule has 0 radical (unpaired) electrons. The van der Waals surface area contributed by atoms with Crippen molar-refractivity contribution >= 4 is 21.8 Å². The number of aryl methyl sites for hydroxylation is 1. The maximum absolute atomic E-state index is 12.2. The van der Waals surface area contributed by atoms with Crippen LogP contribution in [0.3, 0.4) is 0 Å². The van der Waals surface area contributed by atoms with Crippen LogP contribution < -0.4 is 5.32 Å². The Morgan fingerprint density at radius 3 is 2.86 bits per heavy atom. The lowest BCUT2D eigenvalue weighted by atomic mass is 9.90. The van der Waals surface area contributed by atoms with Crippen LogP contribution in [0.2, 0.25) is 0 Å². The van der Waals surface area contributed by atoms with Crippen molar-refractivity contribution in [1.82, 2.24) is 5.32 Å². The number of amides is 1. The molecular formula is C18H26BrNO. The van der Waals surface area contributed by atoms with Gasteiger partial charge in [-0.2, -0.15) is 0 Å². The number of unbranched alkanes of at least 4 members (excludes halogenated alkanes) is 1. The molecular weight excluding hydrogens is 326 g/mol. The molecule has 0 saturated heterocycles. The molecule has 1 aromatic rings. The minimum Gasteiger partial charge on any atom is -0.352 e. The van der Waals surface area contributed by atoms with Crippen molar-refractivity contribution in [2.24, 2.45) is 5.92 Å². The van der Waals surface area contributed by atoms with Gasteiger partial charge < -0.3 is 5.32 Å². The van der Waals surface area contributed by atoms with Crippen molar-refractivity contribution in [2.75, 3.05) is 6.54 Å². The monoisotopic (exact) mass is 351 g/mol. The number of fused-ring (bicyclic) bond motifs is 1. The van der Waals surface area contributed by atoms with Crippen LogP contribution in [-0.2, 0) is 6.42 Å². The first kappa shape index (κ1) is 16.5. The lowest BCUT2D eigenvalue weighted by molar-refractivity contribution is 0.0956. The zero-order chi connectivity index (χ0) is 15.2. The third kappa shape index (κ3) is 4.09. The van der Waals surface area contributed by atoms with Crippen LogP contribution >= 0.6 is 15.9 Å². The molecule has 116 valence electrons. The molecule has 1 heterocycles. The molecule has 0 bridgehead atoms. The minimum atomic E-state index is 0.0886. The number of halogens is 1. The molecule has 0 aliphatic carbocycles. The van der Waals surface area contributed by atoms with E-state index in [1.54, 1.807) is 0 Å². The SMILES string of the molecule is CCCCC(CC)C(Br)c1ccc2c(c1)C(=O)NCCC2. The molecule has 1 aliphatic rings. The third-order valence-electron chi connectivity index (χ3n) is 4.47. The van der Waals surface area contributed by atoms with Gasteiger partial charge in [0.1, 0.15) is 0 Å². The lowest BCUT2D eigenvalue weighted by Gasteiger charge is -2.22. The Hall–Kier alpha value is -0.830. The summed E-state index contributed by atoms with van der Waals surface area (Å²) in [6.07, 6.45) is 6.94. The van der Waals surface area contributed by atoms with Gasteiger partial charge in [-0.05, 0) is 42.4 Å². The molecule has 0 fully saturated rings. The highest BCUT2D eigenvalue weighted by molar-refractivity contribution is 9.09. The van der Waals surface area contributed by atoms with E-state index in [4.69, 9.17) is 0 Å². The van der Waals surface area contributed by atoms with E-state index < -0.39 is 0 Å². The molecule has 0 aromatic heterocycles. The summed E-state index contributed by atoms with van der Waals surface area (Å²) in [7, 11) is 0. The normalized spacial score (nSPS) is 17.6. The van der Waals surface area contributed by atoms with E-state index in [1.165, 1.54) is 36.8 Å². The van der Waals surface area contributed by atoms with Crippen molar-refractivity contribution in [3.8, 4) is 0 Å². The van der Waals surface area contributed by atoms with Crippen LogP contribution in [0.5, 0.6) is 0 Å². The predicted octanol–water partition coefficient (Wildman–Crippen LogP) is 5.02. The highest BCUT2D eigenvalue weighted by Crippen LogP contribution is 2.37. The first-order valence-electron chi connectivity index (χ1n) is 8.22. The molecule has 0 spiro atoms. The van der Waals surface area contributed by atoms with Gasteiger partial charge in [0.2, 0.25) is 0 Å². The van der Waals surface area contributed by atoms with Gasteiger partial charge in [0, 0.05) is 16.9 Å². The predicted molar refractivity (Wildman–Crippen MR) is 92.1 cm³/mol. The van der Waals surface area contributed by atoms with Gasteiger partial charge in [0.25, 0.3) is 5.91 Å². The summed E-state index contributed by atoms with van der Waals surface area (Å²) in [6, 6.07) is 6.45. The van der Waals surface area contributed by atoms with Gasteiger partial charge >= 0.3 is 0 Å². The van der Waals surface area contributed by atoms with Gasteiger partial charge in [-0.1, -0.05) is 61.2 Å². The average Bonchev–Trinajstić information content (AvgIpc) is 2.69. The molecule has 21 heavy (non-hydrogen) atoms. The molecule has 1 aliphatic heterocycles. The molecule has 2 unspecified atom stereocenters. The number of hydrogen-bond donors (Lipinski definition) is 1. The Morgan fingerprint density at radius 2 is 2.14 bits per heavy atom. The van der Waals surface area contributed by atoms with Gasteiger partial charge in [0.15, 0.2) is 0 Å². The van der Waals surface area contributed by atoms with Crippen LogP contribution in [0, 0.1) is 5.92 Å². The first-order valence-corrected chi connectivity index (χ1v) is 9.14. The number of benzene rings is 1. The van der Waals surface area contributed by atoms with Crippen molar-refractivity contribution < 1.29 is 4.79 Å². The van der Waals surface area contributed by atoms with E-state index in [2.05, 4.69) is 53.3 Å². The van der Waals surface area contributed by atoms with Crippen LogP contribution in [0.25, 0.3) is 0 Å². The number of alkyl halides is 1. The number of carbonyl (C=O) groups is 1. The number of carbonyl (C=O) groups excluding carboxylic acids is 1. The summed E-state index contributed by atoms with van der Waals surface area (Å²) in [5.41, 5.74) is 3.31. The lowest BCUT2D eigenvalue weighted by Crippen LogP contribution is -2.22. The summed E-state index contributed by atoms with van der Waals surface area (Å²) in [5.74, 6) is 0.725. The molecule has 0 saturated carbocycles. The zero-order valence-electron chi connectivity index (χ0n) is 13.1. The Morgan fingerprint density at radius 1 is 1.33 bits per heavy atom. The Bertz CT molecular complexity index is 486. The second kappa shape index (κ2) is 7.98. The Balaban J connectivity index is 2.21. The van der Waals surface area contributed by atoms with E-state index >= 15 is 0 Å². The first-order chi connectivity index (χ1) is 10.2. The zero-order valence-corrected chi connectivity index (χ0v) is 14.7. The van der Waals surface area contributed by atoms with E-state index in [0.29, 0.717) is 10.7 Å². The van der Waals surface area contributed by atoms with Crippen molar-refractivity contribution in [2.45, 2.75) is 57.2 Å². The smallest absolute Gasteiger partial charge is 0.251 e. The molecule has 1 N–H and O–H groups in total. The fourth-order valence-electron chi connectivity index (χ4n) is 3.07. The van der Waals surface area contributed by atoms with E-state index in [-0.39, 0.29) is 5.91 Å². The fraction of sp³-hybridized carbons (Fsp3) is 0.611. The minimum absolute atomic E-state index is 0.0886. The molecule has 3 heteroatoms. The number of hydrogen-bond acceptors (Lipinski definition) is 1.